The van der Waals surface area contributed by atoms with E-state index in [0.717, 1.165) is 35.5 Å². The average Bonchev–Trinajstić information content (AvgIpc) is 3.24. The van der Waals surface area contributed by atoms with Crippen molar-refractivity contribution in [2.75, 3.05) is 0 Å². The smallest absolute Gasteiger partial charge is 0.258 e. The van der Waals surface area contributed by atoms with Crippen LogP contribution in [0.5, 0.6) is 0 Å². The van der Waals surface area contributed by atoms with Crippen LogP contribution in [-0.4, -0.2) is 15.7 Å². The third kappa shape index (κ3) is 2.73. The van der Waals surface area contributed by atoms with Crippen LogP contribution in [0.1, 0.15) is 24.4 Å². The lowest BCUT2D eigenvalue weighted by Crippen LogP contribution is -2.12. The lowest BCUT2D eigenvalue weighted by Gasteiger charge is -2.03. The Labute approximate surface area is 132 Å². The molecular formula is C18H15N3O2. The second kappa shape index (κ2) is 5.68. The van der Waals surface area contributed by atoms with Crippen molar-refractivity contribution in [2.45, 2.75) is 19.3 Å². The number of furan rings is 1. The van der Waals surface area contributed by atoms with Crippen molar-refractivity contribution in [1.29, 1.82) is 0 Å². The summed E-state index contributed by atoms with van der Waals surface area (Å²) in [7, 11) is 0. The number of rotatable bonds is 4. The predicted octanol–water partition coefficient (Wildman–Crippen LogP) is 3.33. The maximum atomic E-state index is 12.1. The zero-order chi connectivity index (χ0) is 15.6. The van der Waals surface area contributed by atoms with Crippen molar-refractivity contribution in [3.63, 3.8) is 0 Å². The van der Waals surface area contributed by atoms with Gasteiger partial charge in [-0.15, -0.1) is 0 Å². The Morgan fingerprint density at radius 3 is 2.91 bits per heavy atom. The van der Waals surface area contributed by atoms with Gasteiger partial charge in [-0.05, 0) is 36.8 Å². The zero-order valence-electron chi connectivity index (χ0n) is 12.5. The van der Waals surface area contributed by atoms with Gasteiger partial charge in [0.2, 0.25) is 0 Å². The van der Waals surface area contributed by atoms with Gasteiger partial charge in [0, 0.05) is 18.6 Å². The Morgan fingerprint density at radius 2 is 2.04 bits per heavy atom. The minimum Gasteiger partial charge on any atom is -0.463 e. The highest BCUT2D eigenvalue weighted by atomic mass is 16.3. The fraction of sp³-hybridized carbons (Fsp3) is 0.167. The fourth-order valence-electron chi connectivity index (χ4n) is 2.73. The van der Waals surface area contributed by atoms with Crippen molar-refractivity contribution in [2.24, 2.45) is 4.99 Å². The quantitative estimate of drug-likeness (QED) is 0.803. The number of benzene rings is 1. The molecule has 0 saturated carbocycles. The highest BCUT2D eigenvalue weighted by Crippen LogP contribution is 2.23. The van der Waals surface area contributed by atoms with Crippen LogP contribution in [0.15, 0.2) is 62.9 Å². The molecule has 3 heterocycles. The SMILES string of the molecule is O=c1[nH]c(CCC2=NC(c3ccco3)=CC2)nc2ccccc12. The van der Waals surface area contributed by atoms with E-state index in [2.05, 4.69) is 21.0 Å². The summed E-state index contributed by atoms with van der Waals surface area (Å²) < 4.78 is 5.36. The third-order valence-corrected chi connectivity index (χ3v) is 3.90. The Kier molecular flexibility index (Phi) is 3.38. The van der Waals surface area contributed by atoms with Gasteiger partial charge in [0.15, 0.2) is 5.76 Å². The van der Waals surface area contributed by atoms with Crippen molar-refractivity contribution < 1.29 is 4.42 Å². The number of fused-ring (bicyclic) bond motifs is 1. The molecule has 0 radical (unpaired) electrons. The molecule has 1 N–H and O–H groups in total. The molecule has 0 amide bonds. The van der Waals surface area contributed by atoms with Crippen LogP contribution in [0.4, 0.5) is 0 Å². The summed E-state index contributed by atoms with van der Waals surface area (Å²) >= 11 is 0. The van der Waals surface area contributed by atoms with E-state index in [9.17, 15) is 4.79 Å². The number of aromatic nitrogens is 2. The number of H-pyrrole nitrogens is 1. The van der Waals surface area contributed by atoms with E-state index in [0.29, 0.717) is 17.6 Å². The van der Waals surface area contributed by atoms with Crippen molar-refractivity contribution in [3.05, 3.63) is 70.7 Å². The lowest BCUT2D eigenvalue weighted by molar-refractivity contribution is 0.552. The summed E-state index contributed by atoms with van der Waals surface area (Å²) in [5.74, 6) is 1.49. The molecule has 1 aromatic carbocycles. The Hall–Kier alpha value is -2.95. The highest BCUT2D eigenvalue weighted by molar-refractivity contribution is 5.95. The number of nitrogens with zero attached hydrogens (tertiary/aromatic N) is 2. The van der Waals surface area contributed by atoms with Crippen LogP contribution in [0.3, 0.4) is 0 Å². The molecule has 0 unspecified atom stereocenters. The molecule has 0 fully saturated rings. The average molecular weight is 305 g/mol. The second-order valence-corrected chi connectivity index (χ2v) is 5.48. The van der Waals surface area contributed by atoms with Gasteiger partial charge < -0.3 is 9.40 Å². The minimum absolute atomic E-state index is 0.0895. The Bertz CT molecular complexity index is 965. The van der Waals surface area contributed by atoms with Gasteiger partial charge in [-0.2, -0.15) is 0 Å². The fourth-order valence-corrected chi connectivity index (χ4v) is 2.73. The molecule has 1 aliphatic heterocycles. The number of aliphatic imine (C=N–C) groups is 1. The van der Waals surface area contributed by atoms with Crippen molar-refractivity contribution >= 4 is 22.3 Å². The van der Waals surface area contributed by atoms with E-state index < -0.39 is 0 Å². The van der Waals surface area contributed by atoms with Crippen LogP contribution >= 0.6 is 0 Å². The normalized spacial score (nSPS) is 14.1. The molecule has 1 aliphatic rings. The van der Waals surface area contributed by atoms with Crippen LogP contribution in [0, 0.1) is 0 Å². The number of hydrogen-bond donors (Lipinski definition) is 1. The Balaban J connectivity index is 1.50. The van der Waals surface area contributed by atoms with Crippen molar-refractivity contribution in [1.82, 2.24) is 9.97 Å². The molecule has 0 atom stereocenters. The molecule has 0 aliphatic carbocycles. The predicted molar refractivity (Wildman–Crippen MR) is 89.4 cm³/mol. The molecule has 4 rings (SSSR count). The van der Waals surface area contributed by atoms with Gasteiger partial charge in [0.05, 0.1) is 17.2 Å². The van der Waals surface area contributed by atoms with Crippen LogP contribution in [0.25, 0.3) is 16.6 Å². The first-order valence-corrected chi connectivity index (χ1v) is 7.58. The van der Waals surface area contributed by atoms with Gasteiger partial charge in [-0.1, -0.05) is 12.1 Å². The maximum absolute atomic E-state index is 12.1. The summed E-state index contributed by atoms with van der Waals surface area (Å²) in [6.45, 7) is 0. The maximum Gasteiger partial charge on any atom is 0.258 e. The highest BCUT2D eigenvalue weighted by Gasteiger charge is 2.13. The zero-order valence-corrected chi connectivity index (χ0v) is 12.5. The lowest BCUT2D eigenvalue weighted by atomic mass is 10.1. The van der Waals surface area contributed by atoms with Gasteiger partial charge in [-0.3, -0.25) is 9.79 Å². The van der Waals surface area contributed by atoms with E-state index in [1.54, 1.807) is 12.3 Å². The summed E-state index contributed by atoms with van der Waals surface area (Å²) in [4.78, 5) is 24.0. The molecular weight excluding hydrogens is 290 g/mol. The summed E-state index contributed by atoms with van der Waals surface area (Å²) in [6, 6.07) is 11.1. The van der Waals surface area contributed by atoms with Crippen LogP contribution < -0.4 is 5.56 Å². The molecule has 0 spiro atoms. The summed E-state index contributed by atoms with van der Waals surface area (Å²) in [5.41, 5.74) is 2.60. The molecule has 23 heavy (non-hydrogen) atoms. The second-order valence-electron chi connectivity index (χ2n) is 5.48. The minimum atomic E-state index is -0.0895. The topological polar surface area (TPSA) is 71.2 Å². The molecule has 3 aromatic rings. The Morgan fingerprint density at radius 1 is 1.13 bits per heavy atom. The van der Waals surface area contributed by atoms with E-state index in [4.69, 9.17) is 4.42 Å². The number of aryl methyl sites for hydroxylation is 1. The van der Waals surface area contributed by atoms with Gasteiger partial charge in [0.25, 0.3) is 5.56 Å². The van der Waals surface area contributed by atoms with E-state index >= 15 is 0 Å². The first-order valence-electron chi connectivity index (χ1n) is 7.58. The third-order valence-electron chi connectivity index (χ3n) is 3.90. The molecule has 2 aromatic heterocycles. The number of allylic oxidation sites excluding steroid dienone is 1. The number of aromatic amines is 1. The number of para-hydroxylation sites is 1. The molecule has 114 valence electrons. The largest absolute Gasteiger partial charge is 0.463 e. The summed E-state index contributed by atoms with van der Waals surface area (Å²) in [5, 5.41) is 0.622. The van der Waals surface area contributed by atoms with Crippen molar-refractivity contribution in [3.8, 4) is 0 Å². The van der Waals surface area contributed by atoms with Crippen LogP contribution in [0.2, 0.25) is 0 Å². The monoisotopic (exact) mass is 305 g/mol. The van der Waals surface area contributed by atoms with Crippen LogP contribution in [-0.2, 0) is 6.42 Å². The van der Waals surface area contributed by atoms with E-state index in [-0.39, 0.29) is 5.56 Å². The molecule has 5 heteroatoms. The number of hydrogen-bond acceptors (Lipinski definition) is 4. The first kappa shape index (κ1) is 13.7. The van der Waals surface area contributed by atoms with Gasteiger partial charge in [0.1, 0.15) is 11.5 Å². The van der Waals surface area contributed by atoms with E-state index in [1.165, 1.54) is 0 Å². The van der Waals surface area contributed by atoms with Gasteiger partial charge in [-0.25, -0.2) is 4.98 Å². The molecule has 0 saturated heterocycles. The summed E-state index contributed by atoms with van der Waals surface area (Å²) in [6.07, 6.45) is 5.95. The van der Waals surface area contributed by atoms with E-state index in [1.807, 2.05) is 30.3 Å². The number of nitrogens with one attached hydrogen (secondary N) is 1. The standard InChI is InChI=1S/C18H15N3O2/c22-18-13-4-1-2-5-14(13)20-17(21-18)10-8-12-7-9-15(19-12)16-6-3-11-23-16/h1-6,9,11H,7-8,10H2,(H,20,21,22). The molecule has 5 nitrogen and oxygen atoms in total. The molecule has 0 bridgehead atoms. The first-order chi connectivity index (χ1) is 11.3. The van der Waals surface area contributed by atoms with Gasteiger partial charge >= 0.3 is 0 Å².